The number of nitrogens with zero attached hydrogens (tertiary/aromatic N) is 3. The summed E-state index contributed by atoms with van der Waals surface area (Å²) in [7, 11) is -3.08. The molecule has 0 aliphatic carbocycles. The van der Waals surface area contributed by atoms with Crippen molar-refractivity contribution in [1.82, 2.24) is 10.2 Å². The summed E-state index contributed by atoms with van der Waals surface area (Å²) >= 11 is 0. The molecule has 0 aromatic heterocycles. The fourth-order valence-electron chi connectivity index (χ4n) is 3.62. The van der Waals surface area contributed by atoms with Crippen LogP contribution in [0.5, 0.6) is 0 Å². The van der Waals surface area contributed by atoms with E-state index in [2.05, 4.69) is 5.32 Å². The van der Waals surface area contributed by atoms with E-state index in [1.165, 1.54) is 0 Å². The number of carbonyl (C=O) groups is 1. The first kappa shape index (κ1) is 23.9. The molecule has 1 aromatic rings. The Morgan fingerprint density at radius 3 is 2.45 bits per heavy atom. The molecule has 1 amide bonds. The highest BCUT2D eigenvalue weighted by molar-refractivity contribution is 14.0. The molecule has 0 saturated carbocycles. The van der Waals surface area contributed by atoms with Crippen LogP contribution >= 0.6 is 24.0 Å². The third kappa shape index (κ3) is 5.42. The Morgan fingerprint density at radius 2 is 1.90 bits per heavy atom. The van der Waals surface area contributed by atoms with Crippen LogP contribution < -0.4 is 10.2 Å². The van der Waals surface area contributed by atoms with E-state index in [0.717, 1.165) is 36.7 Å². The van der Waals surface area contributed by atoms with E-state index in [4.69, 9.17) is 4.99 Å². The molecule has 2 aliphatic rings. The van der Waals surface area contributed by atoms with Crippen LogP contribution in [0, 0.1) is 0 Å². The normalized spacial score (nSPS) is 21.1. The van der Waals surface area contributed by atoms with E-state index in [0.29, 0.717) is 26.1 Å². The summed E-state index contributed by atoms with van der Waals surface area (Å²) in [5, 5.41) is 3.28. The van der Waals surface area contributed by atoms with Crippen molar-refractivity contribution in [2.24, 2.45) is 4.99 Å². The predicted octanol–water partition coefficient (Wildman–Crippen LogP) is 2.41. The maximum Gasteiger partial charge on any atom is 0.227 e. The lowest BCUT2D eigenvalue weighted by atomic mass is 10.2. The maximum absolute atomic E-state index is 12.3. The molecule has 2 aliphatic heterocycles. The van der Waals surface area contributed by atoms with Crippen molar-refractivity contribution < 1.29 is 13.2 Å². The van der Waals surface area contributed by atoms with Gasteiger partial charge in [0.15, 0.2) is 15.8 Å². The summed E-state index contributed by atoms with van der Waals surface area (Å²) in [5.41, 5.74) is 1.99. The smallest absolute Gasteiger partial charge is 0.227 e. The molecular formula is C20H31IN4O3S. The van der Waals surface area contributed by atoms with Gasteiger partial charge in [-0.15, -0.1) is 24.0 Å². The summed E-state index contributed by atoms with van der Waals surface area (Å²) in [4.78, 5) is 20.4. The molecule has 2 saturated heterocycles. The van der Waals surface area contributed by atoms with Crippen molar-refractivity contribution >= 4 is 51.4 Å². The number of rotatable bonds is 4. The zero-order valence-corrected chi connectivity index (χ0v) is 20.5. The van der Waals surface area contributed by atoms with E-state index in [1.54, 1.807) is 13.8 Å². The first-order chi connectivity index (χ1) is 13.2. The van der Waals surface area contributed by atoms with Crippen molar-refractivity contribution in [3.63, 3.8) is 0 Å². The third-order valence-electron chi connectivity index (χ3n) is 5.41. The Kier molecular flexibility index (Phi) is 7.94. The largest absolute Gasteiger partial charge is 0.357 e. The SMILES string of the molecule is CCNC(=NCc1ccc(N2CCCC2=O)cc1)N1CCS(=O)(=O)C(C)(C)C1.I. The Balaban J connectivity index is 0.00000300. The lowest BCUT2D eigenvalue weighted by molar-refractivity contribution is -0.117. The van der Waals surface area contributed by atoms with Crippen LogP contribution in [0.25, 0.3) is 0 Å². The average Bonchev–Trinajstić information content (AvgIpc) is 3.07. The molecule has 9 heteroatoms. The van der Waals surface area contributed by atoms with Crippen LogP contribution in [0.4, 0.5) is 5.69 Å². The lowest BCUT2D eigenvalue weighted by Crippen LogP contribution is -2.57. The fourth-order valence-corrected chi connectivity index (χ4v) is 4.98. The summed E-state index contributed by atoms with van der Waals surface area (Å²) in [5.74, 6) is 1.07. The molecule has 1 N–H and O–H groups in total. The van der Waals surface area contributed by atoms with Crippen LogP contribution in [-0.4, -0.2) is 61.9 Å². The molecule has 29 heavy (non-hydrogen) atoms. The topological polar surface area (TPSA) is 82.1 Å². The third-order valence-corrected chi connectivity index (χ3v) is 7.94. The van der Waals surface area contributed by atoms with E-state index < -0.39 is 14.6 Å². The van der Waals surface area contributed by atoms with E-state index in [1.807, 2.05) is 41.0 Å². The first-order valence-corrected chi connectivity index (χ1v) is 11.5. The highest BCUT2D eigenvalue weighted by Gasteiger charge is 2.40. The van der Waals surface area contributed by atoms with Crippen LogP contribution in [0.1, 0.15) is 39.2 Å². The number of guanidine groups is 1. The summed E-state index contributed by atoms with van der Waals surface area (Å²) in [6.45, 7) is 8.44. The number of anilines is 1. The Bertz CT molecular complexity index is 853. The highest BCUT2D eigenvalue weighted by Crippen LogP contribution is 2.24. The van der Waals surface area contributed by atoms with Gasteiger partial charge in [0.05, 0.1) is 17.0 Å². The number of sulfone groups is 1. The zero-order valence-electron chi connectivity index (χ0n) is 17.3. The molecule has 162 valence electrons. The van der Waals surface area contributed by atoms with Gasteiger partial charge < -0.3 is 15.1 Å². The molecule has 3 rings (SSSR count). The number of amides is 1. The van der Waals surface area contributed by atoms with Crippen molar-refractivity contribution in [3.8, 4) is 0 Å². The van der Waals surface area contributed by atoms with Gasteiger partial charge in [0.1, 0.15) is 0 Å². The molecule has 0 atom stereocenters. The Hall–Kier alpha value is -1.36. The quantitative estimate of drug-likeness (QED) is 0.365. The first-order valence-electron chi connectivity index (χ1n) is 9.88. The van der Waals surface area contributed by atoms with Gasteiger partial charge in [-0.2, -0.15) is 0 Å². The minimum Gasteiger partial charge on any atom is -0.357 e. The second kappa shape index (κ2) is 9.63. The van der Waals surface area contributed by atoms with Crippen LogP contribution in [-0.2, 0) is 21.2 Å². The monoisotopic (exact) mass is 534 g/mol. The number of carbonyl (C=O) groups excluding carboxylic acids is 1. The number of aliphatic imine (C=N–C) groups is 1. The van der Waals surface area contributed by atoms with Crippen molar-refractivity contribution in [2.45, 2.75) is 44.9 Å². The van der Waals surface area contributed by atoms with Gasteiger partial charge in [-0.3, -0.25) is 4.79 Å². The van der Waals surface area contributed by atoms with Gasteiger partial charge in [0, 0.05) is 38.3 Å². The number of nitrogens with one attached hydrogen (secondary N) is 1. The molecule has 0 radical (unpaired) electrons. The zero-order chi connectivity index (χ0) is 20.4. The minimum atomic E-state index is -3.08. The second-order valence-corrected chi connectivity index (χ2v) is 10.7. The minimum absolute atomic E-state index is 0. The standard InChI is InChI=1S/C20H30N4O3S.HI/c1-4-21-19(23-12-13-28(26,27)20(2,3)15-23)22-14-16-7-9-17(10-8-16)24-11-5-6-18(24)25;/h7-10H,4-6,11-15H2,1-3H3,(H,21,22);1H. The lowest BCUT2D eigenvalue weighted by Gasteiger charge is -2.39. The van der Waals surface area contributed by atoms with Gasteiger partial charge in [-0.25, -0.2) is 13.4 Å². The summed E-state index contributed by atoms with van der Waals surface area (Å²) in [6.07, 6.45) is 1.54. The molecular weight excluding hydrogens is 503 g/mol. The molecule has 0 bridgehead atoms. The van der Waals surface area contributed by atoms with Gasteiger partial charge in [-0.05, 0) is 44.9 Å². The molecule has 0 spiro atoms. The van der Waals surface area contributed by atoms with Crippen LogP contribution in [0.15, 0.2) is 29.3 Å². The average molecular weight is 534 g/mol. The van der Waals surface area contributed by atoms with Crippen LogP contribution in [0.2, 0.25) is 0 Å². The number of hydrogen-bond donors (Lipinski definition) is 1. The number of benzene rings is 1. The Labute approximate surface area is 190 Å². The number of hydrogen-bond acceptors (Lipinski definition) is 4. The second-order valence-electron chi connectivity index (χ2n) is 7.99. The van der Waals surface area contributed by atoms with Crippen molar-refractivity contribution in [2.75, 3.05) is 36.8 Å². The molecule has 2 fully saturated rings. The Morgan fingerprint density at radius 1 is 1.21 bits per heavy atom. The van der Waals surface area contributed by atoms with Crippen molar-refractivity contribution in [1.29, 1.82) is 0 Å². The van der Waals surface area contributed by atoms with Gasteiger partial charge in [0.2, 0.25) is 5.91 Å². The van der Waals surface area contributed by atoms with E-state index in [9.17, 15) is 13.2 Å². The fraction of sp³-hybridized carbons (Fsp3) is 0.600. The van der Waals surface area contributed by atoms with E-state index >= 15 is 0 Å². The molecule has 0 unspecified atom stereocenters. The van der Waals surface area contributed by atoms with Crippen LogP contribution in [0.3, 0.4) is 0 Å². The van der Waals surface area contributed by atoms with E-state index in [-0.39, 0.29) is 35.6 Å². The van der Waals surface area contributed by atoms with Gasteiger partial charge in [0.25, 0.3) is 0 Å². The maximum atomic E-state index is 12.3. The highest BCUT2D eigenvalue weighted by atomic mass is 127. The summed E-state index contributed by atoms with van der Waals surface area (Å²) < 4.78 is 23.7. The van der Waals surface area contributed by atoms with Gasteiger partial charge >= 0.3 is 0 Å². The predicted molar refractivity (Wildman–Crippen MR) is 128 cm³/mol. The van der Waals surface area contributed by atoms with Crippen molar-refractivity contribution in [3.05, 3.63) is 29.8 Å². The summed E-state index contributed by atoms with van der Waals surface area (Å²) in [6, 6.07) is 7.94. The molecule has 1 aromatic carbocycles. The van der Waals surface area contributed by atoms with Gasteiger partial charge in [-0.1, -0.05) is 12.1 Å². The molecule has 7 nitrogen and oxygen atoms in total. The number of halogens is 1. The molecule has 2 heterocycles.